The Morgan fingerprint density at radius 1 is 0.849 bits per heavy atom. The molecule has 2 aromatic rings. The van der Waals surface area contributed by atoms with Crippen LogP contribution in [0.1, 0.15) is 48.5 Å². The predicted octanol–water partition coefficient (Wildman–Crippen LogP) is 0.677. The number of amides is 4. The number of rotatable bonds is 23. The van der Waals surface area contributed by atoms with Gasteiger partial charge in [0.15, 0.2) is 5.96 Å². The Labute approximate surface area is 312 Å². The highest BCUT2D eigenvalue weighted by Gasteiger charge is 2.33. The third-order valence-electron chi connectivity index (χ3n) is 7.48. The molecule has 17 heteroatoms. The third-order valence-corrected chi connectivity index (χ3v) is 8.12. The van der Waals surface area contributed by atoms with Crippen molar-refractivity contribution in [2.75, 3.05) is 31.8 Å². The zero-order valence-electron chi connectivity index (χ0n) is 29.9. The van der Waals surface area contributed by atoms with Gasteiger partial charge in [-0.25, -0.2) is 4.79 Å². The molecular formula is C36H49N7O9S. The normalized spacial score (nSPS) is 12.8. The first-order valence-corrected chi connectivity index (χ1v) is 18.3. The SMILES string of the molecule is C=CCOC(=O)[C@H](CCSC)NC(=O)[C@H](Cc1ccc(O)cc1)NC(=O)[C@H](CC(=O)OCC)NC(=O)[C@H](CCCN=C(N)N)NC(=O)c1ccccc1. The summed E-state index contributed by atoms with van der Waals surface area (Å²) in [5, 5.41) is 20.2. The van der Waals surface area contributed by atoms with Crippen molar-refractivity contribution in [2.45, 2.75) is 63.2 Å². The van der Waals surface area contributed by atoms with E-state index in [9.17, 15) is 33.9 Å². The van der Waals surface area contributed by atoms with E-state index in [0.717, 1.165) is 0 Å². The molecule has 0 aromatic heterocycles. The van der Waals surface area contributed by atoms with Crippen molar-refractivity contribution in [1.82, 2.24) is 21.3 Å². The fourth-order valence-electron chi connectivity index (χ4n) is 4.82. The third kappa shape index (κ3) is 16.5. The predicted molar refractivity (Wildman–Crippen MR) is 201 cm³/mol. The van der Waals surface area contributed by atoms with Gasteiger partial charge in [-0.05, 0) is 68.0 Å². The Morgan fingerprint density at radius 3 is 2.09 bits per heavy atom. The molecule has 0 aliphatic rings. The summed E-state index contributed by atoms with van der Waals surface area (Å²) in [5.74, 6) is -4.21. The molecule has 0 unspecified atom stereocenters. The Kier molecular flexibility index (Phi) is 19.6. The van der Waals surface area contributed by atoms with E-state index in [1.54, 1.807) is 49.4 Å². The molecular weight excluding hydrogens is 707 g/mol. The summed E-state index contributed by atoms with van der Waals surface area (Å²) in [4.78, 5) is 83.8. The molecule has 0 bridgehead atoms. The van der Waals surface area contributed by atoms with Crippen LogP contribution < -0.4 is 32.7 Å². The lowest BCUT2D eigenvalue weighted by Crippen LogP contribution is -2.58. The van der Waals surface area contributed by atoms with Crippen molar-refractivity contribution in [3.63, 3.8) is 0 Å². The number of guanidine groups is 1. The smallest absolute Gasteiger partial charge is 0.328 e. The number of benzene rings is 2. The largest absolute Gasteiger partial charge is 0.508 e. The quantitative estimate of drug-likeness (QED) is 0.0272. The number of nitrogens with two attached hydrogens (primary N) is 2. The number of nitrogens with zero attached hydrogens (tertiary/aromatic N) is 1. The van der Waals surface area contributed by atoms with Crippen molar-refractivity contribution in [2.24, 2.45) is 16.5 Å². The molecule has 0 spiro atoms. The second kappa shape index (κ2) is 23.8. The Hall–Kier alpha value is -5.58. The molecule has 0 saturated heterocycles. The molecule has 0 fully saturated rings. The van der Waals surface area contributed by atoms with Crippen molar-refractivity contribution >= 4 is 53.3 Å². The monoisotopic (exact) mass is 755 g/mol. The van der Waals surface area contributed by atoms with Crippen LogP contribution in [0.5, 0.6) is 5.75 Å². The van der Waals surface area contributed by atoms with Crippen molar-refractivity contribution in [3.8, 4) is 5.75 Å². The van der Waals surface area contributed by atoms with Crippen LogP contribution in [0.4, 0.5) is 0 Å². The summed E-state index contributed by atoms with van der Waals surface area (Å²) in [6.45, 7) is 5.17. The lowest BCUT2D eigenvalue weighted by Gasteiger charge is -2.26. The van der Waals surface area contributed by atoms with Crippen LogP contribution in [0, 0.1) is 0 Å². The van der Waals surface area contributed by atoms with Gasteiger partial charge in [-0.2, -0.15) is 11.8 Å². The number of phenols is 1. The number of aromatic hydroxyl groups is 1. The van der Waals surface area contributed by atoms with Gasteiger partial charge in [0.2, 0.25) is 17.7 Å². The van der Waals surface area contributed by atoms with E-state index in [4.69, 9.17) is 20.9 Å². The maximum absolute atomic E-state index is 13.9. The molecule has 2 aromatic carbocycles. The van der Waals surface area contributed by atoms with Crippen LogP contribution in [-0.4, -0.2) is 103 Å². The summed E-state index contributed by atoms with van der Waals surface area (Å²) in [6.07, 6.45) is 3.05. The maximum Gasteiger partial charge on any atom is 0.328 e. The molecule has 9 N–H and O–H groups in total. The second-order valence-corrected chi connectivity index (χ2v) is 12.6. The van der Waals surface area contributed by atoms with Gasteiger partial charge in [0.1, 0.15) is 36.5 Å². The van der Waals surface area contributed by atoms with Gasteiger partial charge in [-0.1, -0.05) is 43.0 Å². The van der Waals surface area contributed by atoms with Crippen molar-refractivity contribution in [1.29, 1.82) is 0 Å². The number of carbonyl (C=O) groups excluding carboxylic acids is 6. The zero-order valence-corrected chi connectivity index (χ0v) is 30.7. The van der Waals surface area contributed by atoms with E-state index >= 15 is 0 Å². The Balaban J connectivity index is 2.41. The van der Waals surface area contributed by atoms with Gasteiger partial charge >= 0.3 is 11.9 Å². The molecule has 53 heavy (non-hydrogen) atoms. The highest BCUT2D eigenvalue weighted by atomic mass is 32.2. The number of hydrogen-bond acceptors (Lipinski definition) is 11. The van der Waals surface area contributed by atoms with Gasteiger partial charge in [0, 0.05) is 18.5 Å². The summed E-state index contributed by atoms with van der Waals surface area (Å²) >= 11 is 1.45. The average molecular weight is 756 g/mol. The molecule has 16 nitrogen and oxygen atoms in total. The summed E-state index contributed by atoms with van der Waals surface area (Å²) in [7, 11) is 0. The van der Waals surface area contributed by atoms with Gasteiger partial charge in [0.25, 0.3) is 5.91 Å². The zero-order chi connectivity index (χ0) is 39.2. The Morgan fingerprint density at radius 2 is 1.47 bits per heavy atom. The van der Waals surface area contributed by atoms with E-state index in [1.807, 2.05) is 6.26 Å². The van der Waals surface area contributed by atoms with Crippen LogP contribution in [0.25, 0.3) is 0 Å². The van der Waals surface area contributed by atoms with E-state index in [2.05, 4.69) is 32.8 Å². The first-order valence-electron chi connectivity index (χ1n) is 16.9. The fraction of sp³-hybridized carbons (Fsp3) is 0.417. The first kappa shape index (κ1) is 43.6. The summed E-state index contributed by atoms with van der Waals surface area (Å²) < 4.78 is 10.2. The van der Waals surface area contributed by atoms with E-state index in [1.165, 1.54) is 30.0 Å². The standard InChI is InChI=1S/C36H49N7O9S/c1-4-19-52-35(50)27(17-20-53-3)41-33(48)28(21-23-13-15-25(44)16-14-23)42-34(49)29(22-30(45)51-5-2)43-32(47)26(12-9-18-39-36(37)38)40-31(46)24-10-7-6-8-11-24/h4,6-8,10-11,13-16,26-29,44H,1,5,9,12,17-22H2,2-3H3,(H,40,46)(H,41,48)(H,42,49)(H,43,47)(H4,37,38,39)/t26-,27-,28-,29-/m0/s1. The highest BCUT2D eigenvalue weighted by molar-refractivity contribution is 7.98. The lowest BCUT2D eigenvalue weighted by molar-refractivity contribution is -0.147. The minimum atomic E-state index is -1.56. The van der Waals surface area contributed by atoms with Gasteiger partial charge in [-0.15, -0.1) is 0 Å². The summed E-state index contributed by atoms with van der Waals surface area (Å²) in [6, 6.07) is 8.92. The number of hydrogen-bond donors (Lipinski definition) is 7. The number of esters is 2. The van der Waals surface area contributed by atoms with Gasteiger partial charge in [0.05, 0.1) is 13.0 Å². The minimum absolute atomic E-state index is 0.00700. The number of phenolic OH excluding ortho intramolecular Hbond substituents is 1. The first-order chi connectivity index (χ1) is 25.4. The van der Waals surface area contributed by atoms with Gasteiger partial charge < -0.3 is 47.3 Å². The van der Waals surface area contributed by atoms with Crippen LogP contribution in [0.2, 0.25) is 0 Å². The number of aliphatic imine (C=N–C) groups is 1. The molecule has 0 aliphatic carbocycles. The molecule has 0 heterocycles. The molecule has 4 amide bonds. The van der Waals surface area contributed by atoms with Crippen molar-refractivity contribution in [3.05, 3.63) is 78.4 Å². The Bertz CT molecular complexity index is 1550. The molecule has 2 rings (SSSR count). The number of thioether (sulfide) groups is 1. The number of carbonyl (C=O) groups is 6. The molecule has 0 aliphatic heterocycles. The fourth-order valence-corrected chi connectivity index (χ4v) is 5.29. The number of nitrogens with one attached hydrogen (secondary N) is 4. The maximum atomic E-state index is 13.9. The van der Waals surface area contributed by atoms with E-state index in [-0.39, 0.29) is 62.7 Å². The molecule has 0 saturated carbocycles. The van der Waals surface area contributed by atoms with Crippen LogP contribution in [-0.2, 0) is 39.9 Å². The van der Waals surface area contributed by atoms with Crippen LogP contribution in [0.15, 0.2) is 72.2 Å². The topological polar surface area (TPSA) is 254 Å². The molecule has 288 valence electrons. The minimum Gasteiger partial charge on any atom is -0.508 e. The lowest BCUT2D eigenvalue weighted by atomic mass is 10.0. The van der Waals surface area contributed by atoms with Crippen molar-refractivity contribution < 1.29 is 43.3 Å². The molecule has 0 radical (unpaired) electrons. The van der Waals surface area contributed by atoms with E-state index < -0.39 is 66.2 Å². The van der Waals surface area contributed by atoms with Crippen LogP contribution in [0.3, 0.4) is 0 Å². The summed E-state index contributed by atoms with van der Waals surface area (Å²) in [5.41, 5.74) is 11.7. The van der Waals surface area contributed by atoms with Gasteiger partial charge in [-0.3, -0.25) is 29.0 Å². The molecule has 4 atom stereocenters. The van der Waals surface area contributed by atoms with Crippen LogP contribution >= 0.6 is 11.8 Å². The average Bonchev–Trinajstić information content (AvgIpc) is 3.13. The highest BCUT2D eigenvalue weighted by Crippen LogP contribution is 2.13. The number of ether oxygens (including phenoxy) is 2. The second-order valence-electron chi connectivity index (χ2n) is 11.6. The van der Waals surface area contributed by atoms with E-state index in [0.29, 0.717) is 11.3 Å².